The number of alkyl halides is 3. The fourth-order valence-corrected chi connectivity index (χ4v) is 5.54. The highest BCUT2D eigenvalue weighted by Crippen LogP contribution is 2.36. The zero-order chi connectivity index (χ0) is 23.1. The van der Waals surface area contributed by atoms with Gasteiger partial charge in [-0.05, 0) is 24.3 Å². The summed E-state index contributed by atoms with van der Waals surface area (Å²) < 4.78 is 71.2. The number of nitrogens with one attached hydrogen (secondary N) is 1. The number of rotatable bonds is 5. The fourth-order valence-electron chi connectivity index (χ4n) is 3.83. The molecule has 4 rings (SSSR count). The first-order valence-corrected chi connectivity index (χ1v) is 11.6. The Bertz CT molecular complexity index is 1230. The molecule has 1 N–H and O–H groups in total. The molecule has 0 radical (unpaired) electrons. The summed E-state index contributed by atoms with van der Waals surface area (Å²) in [5, 5.41) is 3.27. The first-order valence-electron chi connectivity index (χ1n) is 10.2. The Morgan fingerprint density at radius 2 is 1.75 bits per heavy atom. The Hall–Kier alpha value is -2.79. The minimum Gasteiger partial charge on any atom is -0.404 e. The van der Waals surface area contributed by atoms with E-state index in [2.05, 4.69) is 19.9 Å². The van der Waals surface area contributed by atoms with E-state index in [0.29, 0.717) is 11.0 Å². The zero-order valence-electron chi connectivity index (χ0n) is 17.6. The van der Waals surface area contributed by atoms with Crippen LogP contribution in [-0.2, 0) is 10.0 Å². The van der Waals surface area contributed by atoms with Crippen molar-refractivity contribution in [3.63, 3.8) is 0 Å². The molecule has 0 amide bonds. The lowest BCUT2D eigenvalue weighted by Crippen LogP contribution is -2.43. The van der Waals surface area contributed by atoms with Crippen LogP contribution >= 0.6 is 0 Å². The molecule has 1 saturated heterocycles. The molecule has 1 aliphatic heterocycles. The second kappa shape index (κ2) is 8.28. The summed E-state index contributed by atoms with van der Waals surface area (Å²) in [6.07, 6.45) is -5.03. The van der Waals surface area contributed by atoms with Crippen molar-refractivity contribution in [3.05, 3.63) is 48.3 Å². The van der Waals surface area contributed by atoms with Gasteiger partial charge in [-0.25, -0.2) is 17.4 Å². The van der Waals surface area contributed by atoms with Crippen molar-refractivity contribution in [2.45, 2.75) is 31.0 Å². The maximum absolute atomic E-state index is 13.7. The predicted molar refractivity (Wildman–Crippen MR) is 115 cm³/mol. The van der Waals surface area contributed by atoms with E-state index in [0.717, 1.165) is 48.0 Å². The van der Waals surface area contributed by atoms with Crippen LogP contribution in [0.25, 0.3) is 11.0 Å². The lowest BCUT2D eigenvalue weighted by atomic mass is 10.2. The summed E-state index contributed by atoms with van der Waals surface area (Å²) in [5.74, 6) is -0.844. The number of fused-ring (bicyclic) bond motifs is 1. The van der Waals surface area contributed by atoms with Gasteiger partial charge in [-0.15, -0.1) is 13.2 Å². The van der Waals surface area contributed by atoms with Crippen LogP contribution < -0.4 is 15.0 Å². The number of imidazole rings is 1. The van der Waals surface area contributed by atoms with Gasteiger partial charge in [-0.2, -0.15) is 0 Å². The lowest BCUT2D eigenvalue weighted by Gasteiger charge is -2.29. The van der Waals surface area contributed by atoms with Crippen LogP contribution in [0.2, 0.25) is 0 Å². The number of halogens is 3. The second-order valence-corrected chi connectivity index (χ2v) is 9.53. The van der Waals surface area contributed by atoms with Crippen molar-refractivity contribution in [3.8, 4) is 5.75 Å². The van der Waals surface area contributed by atoms with E-state index >= 15 is 0 Å². The van der Waals surface area contributed by atoms with Gasteiger partial charge in [0.2, 0.25) is 0 Å². The Kier molecular flexibility index (Phi) is 5.80. The third-order valence-corrected chi connectivity index (χ3v) is 6.97. The van der Waals surface area contributed by atoms with Gasteiger partial charge in [0, 0.05) is 32.1 Å². The lowest BCUT2D eigenvalue weighted by molar-refractivity contribution is -0.275. The Labute approximate surface area is 183 Å². The van der Waals surface area contributed by atoms with Gasteiger partial charge in [0.15, 0.2) is 0 Å². The summed E-state index contributed by atoms with van der Waals surface area (Å²) in [5.41, 5.74) is 1.60. The number of anilines is 1. The number of piperazine rings is 1. The van der Waals surface area contributed by atoms with E-state index in [1.54, 1.807) is 26.0 Å². The highest BCUT2D eigenvalue weighted by Gasteiger charge is 2.36. The number of benzene rings is 2. The van der Waals surface area contributed by atoms with Crippen LogP contribution in [0, 0.1) is 0 Å². The van der Waals surface area contributed by atoms with E-state index < -0.39 is 27.0 Å². The van der Waals surface area contributed by atoms with Crippen molar-refractivity contribution in [2.75, 3.05) is 31.1 Å². The molecular formula is C21H23F3N4O3S. The molecule has 1 fully saturated rings. The van der Waals surface area contributed by atoms with E-state index in [1.165, 1.54) is 12.1 Å². The van der Waals surface area contributed by atoms with E-state index in [4.69, 9.17) is 0 Å². The molecule has 1 aromatic heterocycles. The third-order valence-electron chi connectivity index (χ3n) is 5.21. The van der Waals surface area contributed by atoms with Gasteiger partial charge in [-0.1, -0.05) is 32.0 Å². The quantitative estimate of drug-likeness (QED) is 0.615. The normalized spacial score (nSPS) is 15.5. The Balaban J connectivity index is 1.94. The van der Waals surface area contributed by atoms with Gasteiger partial charge in [0.1, 0.15) is 22.0 Å². The molecule has 0 unspecified atom stereocenters. The van der Waals surface area contributed by atoms with Crippen LogP contribution in [0.15, 0.2) is 47.4 Å². The molecular weight excluding hydrogens is 445 g/mol. The number of hydrogen-bond donors (Lipinski definition) is 1. The minimum atomic E-state index is -5.03. The summed E-state index contributed by atoms with van der Waals surface area (Å²) in [6, 6.07) is 9.96. The highest BCUT2D eigenvalue weighted by molar-refractivity contribution is 7.90. The predicted octanol–water partition coefficient (Wildman–Crippen LogP) is 3.70. The number of ether oxygens (including phenoxy) is 1. The van der Waals surface area contributed by atoms with Crippen LogP contribution in [0.5, 0.6) is 5.75 Å². The van der Waals surface area contributed by atoms with Gasteiger partial charge in [-0.3, -0.25) is 0 Å². The first-order chi connectivity index (χ1) is 15.1. The summed E-state index contributed by atoms with van der Waals surface area (Å²) in [6.45, 7) is 6.62. The monoisotopic (exact) mass is 468 g/mol. The standard InChI is InChI=1S/C21H23F3N4O3S/c1-14(2)20-26-19-15(27-12-10-25-11-13-27)6-5-7-16(19)28(20)32(29,30)18-9-4-3-8-17(18)31-21(22,23)24/h3-9,14,25H,10-13H2,1-2H3. The summed E-state index contributed by atoms with van der Waals surface area (Å²) >= 11 is 0. The first kappa shape index (κ1) is 22.4. The number of para-hydroxylation sites is 2. The molecule has 0 aliphatic carbocycles. The Morgan fingerprint density at radius 3 is 2.41 bits per heavy atom. The van der Waals surface area contributed by atoms with Crippen LogP contribution in [0.3, 0.4) is 0 Å². The number of aromatic nitrogens is 2. The molecule has 2 aromatic carbocycles. The fraction of sp³-hybridized carbons (Fsp3) is 0.381. The van der Waals surface area contributed by atoms with E-state index in [9.17, 15) is 21.6 Å². The van der Waals surface area contributed by atoms with Gasteiger partial charge >= 0.3 is 6.36 Å². The largest absolute Gasteiger partial charge is 0.573 e. The van der Waals surface area contributed by atoms with Crippen molar-refractivity contribution in [2.24, 2.45) is 0 Å². The molecule has 0 atom stereocenters. The molecule has 7 nitrogen and oxygen atoms in total. The maximum atomic E-state index is 13.7. The molecule has 0 bridgehead atoms. The van der Waals surface area contributed by atoms with Gasteiger partial charge < -0.3 is 15.0 Å². The number of nitrogens with zero attached hydrogens (tertiary/aromatic N) is 3. The maximum Gasteiger partial charge on any atom is 0.573 e. The third kappa shape index (κ3) is 4.14. The van der Waals surface area contributed by atoms with E-state index in [1.807, 2.05) is 6.07 Å². The SMILES string of the molecule is CC(C)c1nc2c(N3CCNCC3)cccc2n1S(=O)(=O)c1ccccc1OC(F)(F)F. The zero-order valence-corrected chi connectivity index (χ0v) is 18.4. The molecule has 11 heteroatoms. The summed E-state index contributed by atoms with van der Waals surface area (Å²) in [7, 11) is -4.45. The second-order valence-electron chi connectivity index (χ2n) is 7.77. The van der Waals surface area contributed by atoms with Crippen molar-refractivity contribution >= 4 is 26.7 Å². The molecule has 32 heavy (non-hydrogen) atoms. The molecule has 1 aliphatic rings. The topological polar surface area (TPSA) is 76.5 Å². The highest BCUT2D eigenvalue weighted by atomic mass is 32.2. The number of hydrogen-bond acceptors (Lipinski definition) is 6. The van der Waals surface area contributed by atoms with Gasteiger partial charge in [0.05, 0.1) is 11.2 Å². The van der Waals surface area contributed by atoms with E-state index in [-0.39, 0.29) is 11.7 Å². The van der Waals surface area contributed by atoms with Crippen LogP contribution in [0.4, 0.5) is 18.9 Å². The molecule has 2 heterocycles. The molecule has 0 spiro atoms. The average molecular weight is 469 g/mol. The molecule has 172 valence electrons. The Morgan fingerprint density at radius 1 is 1.06 bits per heavy atom. The smallest absolute Gasteiger partial charge is 0.404 e. The van der Waals surface area contributed by atoms with Crippen LogP contribution in [-0.4, -0.2) is 49.9 Å². The summed E-state index contributed by atoms with van der Waals surface area (Å²) in [4.78, 5) is 6.18. The van der Waals surface area contributed by atoms with Crippen molar-refractivity contribution in [1.29, 1.82) is 0 Å². The van der Waals surface area contributed by atoms with Crippen molar-refractivity contribution < 1.29 is 26.3 Å². The molecule has 3 aromatic rings. The minimum absolute atomic E-state index is 0.240. The average Bonchev–Trinajstić information content (AvgIpc) is 3.14. The molecule has 0 saturated carbocycles. The van der Waals surface area contributed by atoms with Gasteiger partial charge in [0.25, 0.3) is 10.0 Å². The van der Waals surface area contributed by atoms with Crippen molar-refractivity contribution in [1.82, 2.24) is 14.3 Å². The van der Waals surface area contributed by atoms with Crippen LogP contribution in [0.1, 0.15) is 25.6 Å².